The molecule has 0 bridgehead atoms. The first-order valence-corrected chi connectivity index (χ1v) is 8.82. The van der Waals surface area contributed by atoms with E-state index in [1.807, 2.05) is 42.5 Å². The third-order valence-electron chi connectivity index (χ3n) is 4.40. The van der Waals surface area contributed by atoms with Crippen molar-refractivity contribution < 1.29 is 4.42 Å². The summed E-state index contributed by atoms with van der Waals surface area (Å²) >= 11 is 0. The van der Waals surface area contributed by atoms with E-state index in [0.29, 0.717) is 0 Å². The molecule has 5 heteroatoms. The molecule has 0 atom stereocenters. The van der Waals surface area contributed by atoms with E-state index >= 15 is 0 Å². The highest BCUT2D eigenvalue weighted by Gasteiger charge is 2.19. The molecule has 3 heterocycles. The van der Waals surface area contributed by atoms with E-state index in [0.717, 1.165) is 58.5 Å². The van der Waals surface area contributed by atoms with Gasteiger partial charge in [0, 0.05) is 28.9 Å². The summed E-state index contributed by atoms with van der Waals surface area (Å²) in [5.41, 5.74) is 10.5. The zero-order chi connectivity index (χ0) is 17.9. The number of pyridine rings is 1. The minimum Gasteiger partial charge on any atom is -0.454 e. The molecule has 0 radical (unpaired) electrons. The first kappa shape index (κ1) is 16.3. The van der Waals surface area contributed by atoms with Gasteiger partial charge in [-0.15, -0.1) is 0 Å². The van der Waals surface area contributed by atoms with Crippen LogP contribution in [0.1, 0.15) is 25.3 Å². The number of nitrogens with zero attached hydrogens (tertiary/aromatic N) is 3. The number of rotatable bonds is 5. The number of anilines is 1. The molecule has 0 aliphatic rings. The maximum absolute atomic E-state index is 6.06. The number of nitrogens with two attached hydrogens (primary N) is 1. The molecule has 0 unspecified atom stereocenters. The lowest BCUT2D eigenvalue weighted by atomic mass is 9.99. The number of fused-ring (bicyclic) bond motifs is 1. The van der Waals surface area contributed by atoms with Gasteiger partial charge in [-0.3, -0.25) is 4.98 Å². The quantitative estimate of drug-likeness (QED) is 0.558. The van der Waals surface area contributed by atoms with Crippen LogP contribution in [0.5, 0.6) is 0 Å². The maximum Gasteiger partial charge on any atom is 0.221 e. The molecule has 26 heavy (non-hydrogen) atoms. The highest BCUT2D eigenvalue weighted by Crippen LogP contribution is 2.34. The van der Waals surface area contributed by atoms with Gasteiger partial charge in [0.25, 0.3) is 0 Å². The van der Waals surface area contributed by atoms with Crippen LogP contribution in [0.4, 0.5) is 5.95 Å². The molecule has 0 spiro atoms. The second kappa shape index (κ2) is 6.96. The first-order chi connectivity index (χ1) is 12.8. The van der Waals surface area contributed by atoms with Crippen LogP contribution in [-0.2, 0) is 6.42 Å². The van der Waals surface area contributed by atoms with E-state index in [2.05, 4.69) is 21.9 Å². The number of benzene rings is 1. The standard InChI is InChI=1S/C21H20N4O/c1-2-3-9-16-19(15-8-6-11-23-13-15)24-21(22)25-20(16)18-12-14-7-4-5-10-17(14)26-18/h4-8,10-13H,2-3,9H2,1H3,(H2,22,24,25). The van der Waals surface area contributed by atoms with Crippen LogP contribution >= 0.6 is 0 Å². The monoisotopic (exact) mass is 344 g/mol. The molecule has 0 amide bonds. The van der Waals surface area contributed by atoms with E-state index in [-0.39, 0.29) is 5.95 Å². The average Bonchev–Trinajstić information content (AvgIpc) is 3.11. The van der Waals surface area contributed by atoms with Crippen LogP contribution in [0.2, 0.25) is 0 Å². The minimum atomic E-state index is 0.236. The SMILES string of the molecule is CCCCc1c(-c2cccnc2)nc(N)nc1-c1cc2ccccc2o1. The van der Waals surface area contributed by atoms with Gasteiger partial charge in [-0.2, -0.15) is 0 Å². The molecule has 0 saturated carbocycles. The zero-order valence-electron chi connectivity index (χ0n) is 14.6. The smallest absolute Gasteiger partial charge is 0.221 e. The molecule has 0 saturated heterocycles. The number of unbranched alkanes of at least 4 members (excludes halogenated alkanes) is 1. The normalized spacial score (nSPS) is 11.1. The predicted molar refractivity (Wildman–Crippen MR) is 103 cm³/mol. The highest BCUT2D eigenvalue weighted by molar-refractivity contribution is 5.84. The van der Waals surface area contributed by atoms with Crippen molar-refractivity contribution in [1.29, 1.82) is 0 Å². The lowest BCUT2D eigenvalue weighted by molar-refractivity contribution is 0.626. The van der Waals surface area contributed by atoms with Crippen LogP contribution in [0.15, 0.2) is 59.3 Å². The molecule has 130 valence electrons. The topological polar surface area (TPSA) is 77.8 Å². The summed E-state index contributed by atoms with van der Waals surface area (Å²) in [5, 5.41) is 1.05. The Morgan fingerprint density at radius 2 is 1.88 bits per heavy atom. The largest absolute Gasteiger partial charge is 0.454 e. The van der Waals surface area contributed by atoms with Crippen molar-refractivity contribution in [2.75, 3.05) is 5.73 Å². The Morgan fingerprint density at radius 1 is 1.04 bits per heavy atom. The van der Waals surface area contributed by atoms with Gasteiger partial charge in [0.1, 0.15) is 11.3 Å². The summed E-state index contributed by atoms with van der Waals surface area (Å²) in [4.78, 5) is 13.3. The van der Waals surface area contributed by atoms with Crippen LogP contribution in [0.25, 0.3) is 33.7 Å². The van der Waals surface area contributed by atoms with Crippen LogP contribution < -0.4 is 5.73 Å². The van der Waals surface area contributed by atoms with Gasteiger partial charge in [-0.25, -0.2) is 9.97 Å². The van der Waals surface area contributed by atoms with E-state index in [1.165, 1.54) is 0 Å². The van der Waals surface area contributed by atoms with Gasteiger partial charge >= 0.3 is 0 Å². The Morgan fingerprint density at radius 3 is 2.65 bits per heavy atom. The minimum absolute atomic E-state index is 0.236. The number of nitrogen functional groups attached to an aromatic ring is 1. The second-order valence-corrected chi connectivity index (χ2v) is 6.25. The summed E-state index contributed by atoms with van der Waals surface area (Å²) < 4.78 is 6.06. The predicted octanol–water partition coefficient (Wildman–Crippen LogP) is 4.88. The number of para-hydroxylation sites is 1. The molecule has 3 aromatic heterocycles. The molecule has 1 aromatic carbocycles. The van der Waals surface area contributed by atoms with Gasteiger partial charge in [-0.1, -0.05) is 31.5 Å². The van der Waals surface area contributed by atoms with Crippen molar-refractivity contribution in [2.45, 2.75) is 26.2 Å². The number of hydrogen-bond acceptors (Lipinski definition) is 5. The fourth-order valence-corrected chi connectivity index (χ4v) is 3.14. The van der Waals surface area contributed by atoms with Crippen molar-refractivity contribution in [2.24, 2.45) is 0 Å². The van der Waals surface area contributed by atoms with Crippen molar-refractivity contribution in [3.63, 3.8) is 0 Å². The molecule has 0 fully saturated rings. The van der Waals surface area contributed by atoms with Gasteiger partial charge < -0.3 is 10.2 Å². The summed E-state index contributed by atoms with van der Waals surface area (Å²) in [6, 6.07) is 13.8. The van der Waals surface area contributed by atoms with E-state index in [4.69, 9.17) is 10.2 Å². The zero-order valence-corrected chi connectivity index (χ0v) is 14.6. The Hall–Kier alpha value is -3.21. The Labute approximate surface area is 151 Å². The molecular weight excluding hydrogens is 324 g/mol. The van der Waals surface area contributed by atoms with E-state index in [1.54, 1.807) is 12.4 Å². The molecule has 2 N–H and O–H groups in total. The summed E-state index contributed by atoms with van der Waals surface area (Å²) in [5.74, 6) is 0.955. The van der Waals surface area contributed by atoms with Crippen LogP contribution in [0, 0.1) is 0 Å². The van der Waals surface area contributed by atoms with Crippen LogP contribution in [0.3, 0.4) is 0 Å². The maximum atomic E-state index is 6.06. The average molecular weight is 344 g/mol. The van der Waals surface area contributed by atoms with Crippen molar-refractivity contribution in [3.05, 3.63) is 60.4 Å². The third-order valence-corrected chi connectivity index (χ3v) is 4.40. The van der Waals surface area contributed by atoms with E-state index in [9.17, 15) is 0 Å². The fraction of sp³-hybridized carbons (Fsp3) is 0.190. The molecule has 4 aromatic rings. The van der Waals surface area contributed by atoms with Crippen LogP contribution in [-0.4, -0.2) is 15.0 Å². The van der Waals surface area contributed by atoms with Crippen molar-refractivity contribution in [1.82, 2.24) is 15.0 Å². The Kier molecular flexibility index (Phi) is 4.35. The molecule has 0 aliphatic heterocycles. The molecule has 4 rings (SSSR count). The first-order valence-electron chi connectivity index (χ1n) is 8.82. The van der Waals surface area contributed by atoms with Gasteiger partial charge in [0.05, 0.1) is 5.69 Å². The lowest BCUT2D eigenvalue weighted by Crippen LogP contribution is -2.05. The number of hydrogen-bond donors (Lipinski definition) is 1. The lowest BCUT2D eigenvalue weighted by Gasteiger charge is -2.13. The van der Waals surface area contributed by atoms with Gasteiger partial charge in [0.15, 0.2) is 5.76 Å². The summed E-state index contributed by atoms with van der Waals surface area (Å²) in [6.45, 7) is 2.17. The summed E-state index contributed by atoms with van der Waals surface area (Å²) in [6.07, 6.45) is 6.52. The summed E-state index contributed by atoms with van der Waals surface area (Å²) in [7, 11) is 0. The Bertz CT molecular complexity index is 1010. The van der Waals surface area contributed by atoms with Crippen molar-refractivity contribution in [3.8, 4) is 22.7 Å². The van der Waals surface area contributed by atoms with Gasteiger partial charge in [0.2, 0.25) is 5.95 Å². The van der Waals surface area contributed by atoms with Gasteiger partial charge in [-0.05, 0) is 37.1 Å². The fourth-order valence-electron chi connectivity index (χ4n) is 3.14. The number of aromatic nitrogens is 3. The highest BCUT2D eigenvalue weighted by atomic mass is 16.3. The molecule has 5 nitrogen and oxygen atoms in total. The van der Waals surface area contributed by atoms with Crippen molar-refractivity contribution >= 4 is 16.9 Å². The molecule has 0 aliphatic carbocycles. The Balaban J connectivity index is 1.94. The van der Waals surface area contributed by atoms with E-state index < -0.39 is 0 Å². The third kappa shape index (κ3) is 3.04. The second-order valence-electron chi connectivity index (χ2n) is 6.25. The molecular formula is C21H20N4O. The number of furan rings is 1.